The van der Waals surface area contributed by atoms with Gasteiger partial charge >= 0.3 is 0 Å². The first kappa shape index (κ1) is 9.30. The Morgan fingerprint density at radius 2 is 2.06 bits per heavy atom. The molecule has 4 nitrogen and oxygen atoms in total. The van der Waals surface area contributed by atoms with Gasteiger partial charge in [0, 0.05) is 23.4 Å². The van der Waals surface area contributed by atoms with Crippen LogP contribution in [0.1, 0.15) is 5.69 Å². The lowest BCUT2D eigenvalue weighted by molar-refractivity contribution is 0.935. The maximum absolute atomic E-state index is 5.59. The summed E-state index contributed by atoms with van der Waals surface area (Å²) in [5, 5.41) is 9.39. The predicted octanol–water partition coefficient (Wildman–Crippen LogP) is 1.61. The van der Waals surface area contributed by atoms with E-state index >= 15 is 0 Å². The molecule has 3 rings (SSSR count). The van der Waals surface area contributed by atoms with Gasteiger partial charge in [0.25, 0.3) is 0 Å². The van der Waals surface area contributed by atoms with Crippen LogP contribution in [0.25, 0.3) is 21.8 Å². The van der Waals surface area contributed by atoms with Gasteiger partial charge in [-0.1, -0.05) is 18.2 Å². The van der Waals surface area contributed by atoms with Crippen molar-refractivity contribution >= 4 is 21.8 Å². The second-order valence-corrected chi connectivity index (χ2v) is 3.76. The Morgan fingerprint density at radius 3 is 2.94 bits per heavy atom. The van der Waals surface area contributed by atoms with Gasteiger partial charge in [0.15, 0.2) is 0 Å². The molecule has 16 heavy (non-hydrogen) atoms. The Balaban J connectivity index is 2.43. The number of nitrogens with one attached hydrogen (secondary N) is 1. The number of rotatable bonds is 2. The molecule has 3 N–H and O–H groups in total. The zero-order valence-corrected chi connectivity index (χ0v) is 8.77. The third-order valence-electron chi connectivity index (χ3n) is 2.74. The lowest BCUT2D eigenvalue weighted by Gasteiger charge is -2.03. The Kier molecular flexibility index (Phi) is 2.08. The lowest BCUT2D eigenvalue weighted by Crippen LogP contribution is -2.05. The van der Waals surface area contributed by atoms with Crippen molar-refractivity contribution in [2.24, 2.45) is 5.73 Å². The highest BCUT2D eigenvalue weighted by Crippen LogP contribution is 2.24. The highest BCUT2D eigenvalue weighted by atomic mass is 15.1. The van der Waals surface area contributed by atoms with E-state index in [1.807, 2.05) is 24.4 Å². The molecule has 0 radical (unpaired) electrons. The van der Waals surface area contributed by atoms with Crippen LogP contribution in [-0.4, -0.2) is 21.7 Å². The van der Waals surface area contributed by atoms with Crippen LogP contribution in [0.4, 0.5) is 0 Å². The standard InChI is InChI=1S/C12H12N4/c13-6-5-11-12-9(7-14-16-12)8-3-1-2-4-10(8)15-11/h1-4,7H,5-6,13H2,(H,14,16). The number of H-pyrrole nitrogens is 1. The smallest absolute Gasteiger partial charge is 0.114 e. The van der Waals surface area contributed by atoms with E-state index in [0.717, 1.165) is 33.9 Å². The minimum absolute atomic E-state index is 0.591. The van der Waals surface area contributed by atoms with E-state index in [4.69, 9.17) is 5.73 Å². The fourth-order valence-corrected chi connectivity index (χ4v) is 2.02. The summed E-state index contributed by atoms with van der Waals surface area (Å²) < 4.78 is 0. The molecule has 2 heterocycles. The normalized spacial score (nSPS) is 11.3. The highest BCUT2D eigenvalue weighted by Gasteiger charge is 2.09. The molecule has 0 aliphatic rings. The maximum Gasteiger partial charge on any atom is 0.114 e. The van der Waals surface area contributed by atoms with Crippen LogP contribution in [0.3, 0.4) is 0 Å². The molecule has 0 bridgehead atoms. The molecule has 0 saturated carbocycles. The number of fused-ring (bicyclic) bond motifs is 3. The van der Waals surface area contributed by atoms with E-state index in [9.17, 15) is 0 Å². The third kappa shape index (κ3) is 1.27. The molecule has 4 heteroatoms. The van der Waals surface area contributed by atoms with Crippen LogP contribution >= 0.6 is 0 Å². The zero-order chi connectivity index (χ0) is 11.0. The van der Waals surface area contributed by atoms with E-state index in [1.165, 1.54) is 0 Å². The summed E-state index contributed by atoms with van der Waals surface area (Å²) in [7, 11) is 0. The number of benzene rings is 1. The first-order valence-electron chi connectivity index (χ1n) is 5.31. The van der Waals surface area contributed by atoms with Crippen molar-refractivity contribution in [1.82, 2.24) is 15.2 Å². The topological polar surface area (TPSA) is 67.6 Å². The highest BCUT2D eigenvalue weighted by molar-refractivity contribution is 6.04. The molecule has 0 unspecified atom stereocenters. The van der Waals surface area contributed by atoms with Gasteiger partial charge in [-0.05, 0) is 12.6 Å². The summed E-state index contributed by atoms with van der Waals surface area (Å²) in [6.07, 6.45) is 2.67. The number of aromatic amines is 1. The van der Waals surface area contributed by atoms with Gasteiger partial charge < -0.3 is 5.73 Å². The van der Waals surface area contributed by atoms with Gasteiger partial charge in [-0.3, -0.25) is 10.1 Å². The van der Waals surface area contributed by atoms with Crippen molar-refractivity contribution in [3.05, 3.63) is 36.2 Å². The Hall–Kier alpha value is -1.94. The number of hydrogen-bond acceptors (Lipinski definition) is 3. The first-order chi connectivity index (χ1) is 7.90. The fraction of sp³-hybridized carbons (Fsp3) is 0.167. The average molecular weight is 212 g/mol. The number of nitrogens with two attached hydrogens (primary N) is 1. The molecular weight excluding hydrogens is 200 g/mol. The van der Waals surface area contributed by atoms with Gasteiger partial charge in [-0.25, -0.2) is 0 Å². The molecule has 80 valence electrons. The molecule has 3 aromatic rings. The Bertz CT molecular complexity index is 642. The summed E-state index contributed by atoms with van der Waals surface area (Å²) >= 11 is 0. The van der Waals surface area contributed by atoms with Crippen molar-refractivity contribution in [2.45, 2.75) is 6.42 Å². The van der Waals surface area contributed by atoms with E-state index in [1.54, 1.807) is 0 Å². The van der Waals surface area contributed by atoms with Gasteiger partial charge in [0.2, 0.25) is 0 Å². The molecule has 0 atom stereocenters. The number of nitrogens with zero attached hydrogens (tertiary/aromatic N) is 2. The molecule has 0 aliphatic carbocycles. The average Bonchev–Trinajstić information content (AvgIpc) is 2.79. The summed E-state index contributed by atoms with van der Waals surface area (Å²) in [5.41, 5.74) is 8.49. The minimum atomic E-state index is 0.591. The SMILES string of the molecule is NCCc1nc2ccccc2c2c[nH]nc12. The van der Waals surface area contributed by atoms with Gasteiger partial charge in [0.05, 0.1) is 11.2 Å². The maximum atomic E-state index is 5.59. The second-order valence-electron chi connectivity index (χ2n) is 3.76. The van der Waals surface area contributed by atoms with E-state index < -0.39 is 0 Å². The number of aromatic nitrogens is 3. The largest absolute Gasteiger partial charge is 0.330 e. The molecule has 0 amide bonds. The van der Waals surface area contributed by atoms with Crippen molar-refractivity contribution < 1.29 is 0 Å². The van der Waals surface area contributed by atoms with Crippen molar-refractivity contribution in [3.8, 4) is 0 Å². The fourth-order valence-electron chi connectivity index (χ4n) is 2.02. The van der Waals surface area contributed by atoms with Crippen molar-refractivity contribution in [1.29, 1.82) is 0 Å². The molecule has 0 spiro atoms. The summed E-state index contributed by atoms with van der Waals surface area (Å²) in [6.45, 7) is 0.591. The quantitative estimate of drug-likeness (QED) is 0.678. The second kappa shape index (κ2) is 3.57. The van der Waals surface area contributed by atoms with Gasteiger partial charge in [-0.2, -0.15) is 5.10 Å². The molecule has 0 aliphatic heterocycles. The van der Waals surface area contributed by atoms with Crippen LogP contribution in [0.2, 0.25) is 0 Å². The molecule has 0 saturated heterocycles. The monoisotopic (exact) mass is 212 g/mol. The molecule has 0 fully saturated rings. The zero-order valence-electron chi connectivity index (χ0n) is 8.77. The number of pyridine rings is 1. The summed E-state index contributed by atoms with van der Waals surface area (Å²) in [6, 6.07) is 8.08. The van der Waals surface area contributed by atoms with Crippen LogP contribution < -0.4 is 5.73 Å². The van der Waals surface area contributed by atoms with Crippen LogP contribution in [0, 0.1) is 0 Å². The van der Waals surface area contributed by atoms with E-state index in [2.05, 4.69) is 21.2 Å². The predicted molar refractivity (Wildman–Crippen MR) is 64.2 cm³/mol. The van der Waals surface area contributed by atoms with Crippen LogP contribution in [0.5, 0.6) is 0 Å². The molecule has 2 aromatic heterocycles. The van der Waals surface area contributed by atoms with Gasteiger partial charge in [-0.15, -0.1) is 0 Å². The van der Waals surface area contributed by atoms with Crippen LogP contribution in [-0.2, 0) is 6.42 Å². The van der Waals surface area contributed by atoms with Gasteiger partial charge in [0.1, 0.15) is 5.52 Å². The first-order valence-corrected chi connectivity index (χ1v) is 5.31. The van der Waals surface area contributed by atoms with Crippen molar-refractivity contribution in [3.63, 3.8) is 0 Å². The Morgan fingerprint density at radius 1 is 1.19 bits per heavy atom. The number of para-hydroxylation sites is 1. The Labute approximate surface area is 92.5 Å². The minimum Gasteiger partial charge on any atom is -0.330 e. The molecular formula is C12H12N4. The number of hydrogen-bond donors (Lipinski definition) is 2. The van der Waals surface area contributed by atoms with E-state index in [-0.39, 0.29) is 0 Å². The summed E-state index contributed by atoms with van der Waals surface area (Å²) in [5.74, 6) is 0. The van der Waals surface area contributed by atoms with Crippen molar-refractivity contribution in [2.75, 3.05) is 6.54 Å². The van der Waals surface area contributed by atoms with E-state index in [0.29, 0.717) is 6.54 Å². The third-order valence-corrected chi connectivity index (χ3v) is 2.74. The lowest BCUT2D eigenvalue weighted by atomic mass is 10.1. The molecule has 1 aromatic carbocycles. The van der Waals surface area contributed by atoms with Crippen LogP contribution in [0.15, 0.2) is 30.5 Å². The summed E-state index contributed by atoms with van der Waals surface area (Å²) in [4.78, 5) is 4.60.